The van der Waals surface area contributed by atoms with Gasteiger partial charge in [0, 0.05) is 6.42 Å². The number of rotatable bonds is 17. The van der Waals surface area contributed by atoms with Crippen LogP contribution in [0.2, 0.25) is 0 Å². The van der Waals surface area contributed by atoms with Gasteiger partial charge in [-0.3, -0.25) is 24.0 Å². The van der Waals surface area contributed by atoms with Gasteiger partial charge in [0.2, 0.25) is 23.6 Å². The number of carboxylic acids is 1. The molecule has 0 heterocycles. The zero-order chi connectivity index (χ0) is 31.9. The summed E-state index contributed by atoms with van der Waals surface area (Å²) in [6.45, 7) is 0.626. The molecule has 234 valence electrons. The Hall–Kier alpha value is -4.14. The molecule has 9 N–H and O–H groups in total. The Balaban J connectivity index is 2.21. The van der Waals surface area contributed by atoms with E-state index in [0.29, 0.717) is 11.3 Å². The van der Waals surface area contributed by atoms with Crippen LogP contribution in [0.15, 0.2) is 54.6 Å². The Morgan fingerprint density at radius 2 is 1.42 bits per heavy atom. The lowest BCUT2D eigenvalue weighted by molar-refractivity contribution is -0.139. The van der Waals surface area contributed by atoms with Gasteiger partial charge in [-0.25, -0.2) is 0 Å². The Kier molecular flexibility index (Phi) is 14.5. The number of aliphatic hydroxyl groups excluding tert-OH is 1. The third kappa shape index (κ3) is 12.3. The van der Waals surface area contributed by atoms with Crippen molar-refractivity contribution in [3.8, 4) is 5.75 Å². The third-order valence-corrected chi connectivity index (χ3v) is 7.01. The number of hydrogen-bond donors (Lipinski definition) is 8. The van der Waals surface area contributed by atoms with Crippen molar-refractivity contribution < 1.29 is 39.3 Å². The van der Waals surface area contributed by atoms with Gasteiger partial charge in [-0.2, -0.15) is 11.8 Å². The van der Waals surface area contributed by atoms with Crippen LogP contribution in [0.1, 0.15) is 24.5 Å². The molecule has 0 unspecified atom stereocenters. The highest BCUT2D eigenvalue weighted by Crippen LogP contribution is 2.12. The summed E-state index contributed by atoms with van der Waals surface area (Å²) in [7, 11) is 0. The van der Waals surface area contributed by atoms with Crippen LogP contribution in [0.25, 0.3) is 0 Å². The monoisotopic (exact) mass is 617 g/mol. The van der Waals surface area contributed by atoms with E-state index in [2.05, 4.69) is 21.3 Å². The maximum atomic E-state index is 13.5. The average Bonchev–Trinajstić information content (AvgIpc) is 2.97. The van der Waals surface area contributed by atoms with Crippen molar-refractivity contribution in [2.75, 3.05) is 18.6 Å². The fraction of sp³-hybridized carbons (Fsp3) is 0.414. The second-order valence-corrected chi connectivity index (χ2v) is 10.9. The molecule has 0 radical (unpaired) electrons. The average molecular weight is 618 g/mol. The Morgan fingerprint density at radius 3 is 2.00 bits per heavy atom. The maximum absolute atomic E-state index is 13.5. The summed E-state index contributed by atoms with van der Waals surface area (Å²) in [4.78, 5) is 63.0. The molecular weight excluding hydrogens is 578 g/mol. The van der Waals surface area contributed by atoms with Crippen LogP contribution in [0.4, 0.5) is 0 Å². The van der Waals surface area contributed by atoms with Gasteiger partial charge in [-0.05, 0) is 55.0 Å². The highest BCUT2D eigenvalue weighted by molar-refractivity contribution is 7.98. The smallest absolute Gasteiger partial charge is 0.322 e. The van der Waals surface area contributed by atoms with Crippen LogP contribution >= 0.6 is 11.8 Å². The van der Waals surface area contributed by atoms with E-state index in [1.165, 1.54) is 30.8 Å². The number of aliphatic carboxylic acids is 1. The summed E-state index contributed by atoms with van der Waals surface area (Å²) in [6.07, 6.45) is 0.731. The van der Waals surface area contributed by atoms with Crippen molar-refractivity contribution in [2.45, 2.75) is 56.5 Å². The topological polar surface area (TPSA) is 220 Å². The molecule has 0 aliphatic rings. The van der Waals surface area contributed by atoms with Crippen molar-refractivity contribution in [3.05, 3.63) is 65.7 Å². The molecular formula is C29H39N5O8S. The van der Waals surface area contributed by atoms with Gasteiger partial charge in [-0.15, -0.1) is 0 Å². The molecule has 5 atom stereocenters. The van der Waals surface area contributed by atoms with E-state index < -0.39 is 66.4 Å². The number of phenols is 1. The number of hydrogen-bond acceptors (Lipinski definition) is 9. The molecule has 0 spiro atoms. The SMILES string of the molecule is CSCC[C@H](NC(=O)[C@@H](NC(=O)[C@H](Cc1ccc(O)cc1)NC(=O)[C@@H](N)Cc1ccccc1)[C@@H](C)O)C(=O)NCC(=O)O. The van der Waals surface area contributed by atoms with Crippen molar-refractivity contribution in [1.82, 2.24) is 21.3 Å². The van der Waals surface area contributed by atoms with E-state index in [-0.39, 0.29) is 25.0 Å². The number of aliphatic hydroxyl groups is 1. The molecule has 0 saturated carbocycles. The summed E-state index contributed by atoms with van der Waals surface area (Å²) in [5, 5.41) is 38.6. The lowest BCUT2D eigenvalue weighted by atomic mass is 10.0. The normalized spacial score (nSPS) is 14.3. The second kappa shape index (κ2) is 17.7. The third-order valence-electron chi connectivity index (χ3n) is 6.36. The lowest BCUT2D eigenvalue weighted by Gasteiger charge is -2.27. The van der Waals surface area contributed by atoms with Gasteiger partial charge in [0.15, 0.2) is 0 Å². The number of benzene rings is 2. The van der Waals surface area contributed by atoms with Crippen molar-refractivity contribution in [2.24, 2.45) is 5.73 Å². The first kappa shape index (κ1) is 35.1. The van der Waals surface area contributed by atoms with Gasteiger partial charge in [0.1, 0.15) is 30.4 Å². The number of aromatic hydroxyl groups is 1. The lowest BCUT2D eigenvalue weighted by Crippen LogP contribution is -2.61. The van der Waals surface area contributed by atoms with Crippen LogP contribution in [-0.4, -0.2) is 93.7 Å². The summed E-state index contributed by atoms with van der Waals surface area (Å²) in [6, 6.07) is 10.2. The first-order valence-corrected chi connectivity index (χ1v) is 15.0. The van der Waals surface area contributed by atoms with Crippen molar-refractivity contribution >= 4 is 41.4 Å². The quantitative estimate of drug-likeness (QED) is 0.111. The van der Waals surface area contributed by atoms with Gasteiger partial charge in [-0.1, -0.05) is 42.5 Å². The number of carboxylic acid groups (broad SMARTS) is 1. The highest BCUT2D eigenvalue weighted by atomic mass is 32.2. The minimum absolute atomic E-state index is 0.00734. The van der Waals surface area contributed by atoms with Crippen LogP contribution in [0.3, 0.4) is 0 Å². The molecule has 0 fully saturated rings. The molecule has 0 aromatic heterocycles. The molecule has 0 bridgehead atoms. The summed E-state index contributed by atoms with van der Waals surface area (Å²) >= 11 is 1.41. The van der Waals surface area contributed by atoms with E-state index in [0.717, 1.165) is 5.56 Å². The first-order valence-electron chi connectivity index (χ1n) is 13.6. The predicted octanol–water partition coefficient (Wildman–Crippen LogP) is -0.706. The molecule has 2 rings (SSSR count). The van der Waals surface area contributed by atoms with Crippen LogP contribution in [0.5, 0.6) is 5.75 Å². The zero-order valence-corrected chi connectivity index (χ0v) is 24.8. The molecule has 0 aliphatic carbocycles. The van der Waals surface area contributed by atoms with Crippen LogP contribution in [0, 0.1) is 0 Å². The van der Waals surface area contributed by atoms with Crippen LogP contribution < -0.4 is 27.0 Å². The molecule has 43 heavy (non-hydrogen) atoms. The summed E-state index contributed by atoms with van der Waals surface area (Å²) in [5.74, 6) is -3.82. The number of phenolic OH excluding ortho intramolecular Hbond substituents is 1. The van der Waals surface area contributed by atoms with E-state index in [1.54, 1.807) is 18.4 Å². The molecule has 13 nitrogen and oxygen atoms in total. The molecule has 2 aromatic carbocycles. The first-order chi connectivity index (χ1) is 20.4. The molecule has 4 amide bonds. The standard InChI is InChI=1S/C29H39N5O8S/c1-17(35)25(29(42)32-22(12-13-43-2)27(40)31-16-24(37)38)34-28(41)23(15-19-8-10-20(36)11-9-19)33-26(39)21(30)14-18-6-4-3-5-7-18/h3-11,17,21-23,25,35-36H,12-16,30H2,1-2H3,(H,31,40)(H,32,42)(H,33,39)(H,34,41)(H,37,38)/t17-,21+,22+,23+,25+/m1/s1. The highest BCUT2D eigenvalue weighted by Gasteiger charge is 2.33. The van der Waals surface area contributed by atoms with Gasteiger partial charge < -0.3 is 42.3 Å². The number of nitrogens with two attached hydrogens (primary N) is 1. The van der Waals surface area contributed by atoms with Gasteiger partial charge in [0.25, 0.3) is 0 Å². The van der Waals surface area contributed by atoms with Crippen LogP contribution in [-0.2, 0) is 36.8 Å². The molecule has 0 saturated heterocycles. The predicted molar refractivity (Wildman–Crippen MR) is 161 cm³/mol. The van der Waals surface area contributed by atoms with Crippen molar-refractivity contribution in [1.29, 1.82) is 0 Å². The molecule has 0 aliphatic heterocycles. The van der Waals surface area contributed by atoms with E-state index in [9.17, 15) is 34.2 Å². The van der Waals surface area contributed by atoms with E-state index in [4.69, 9.17) is 10.8 Å². The number of thioether (sulfide) groups is 1. The number of amides is 4. The van der Waals surface area contributed by atoms with Gasteiger partial charge in [0.05, 0.1) is 12.1 Å². The number of carbonyl (C=O) groups is 5. The Labute approximate surface area is 254 Å². The molecule has 2 aromatic rings. The number of nitrogens with one attached hydrogen (secondary N) is 4. The summed E-state index contributed by atoms with van der Waals surface area (Å²) < 4.78 is 0. The van der Waals surface area contributed by atoms with E-state index in [1.807, 2.05) is 30.3 Å². The minimum atomic E-state index is -1.52. The molecule has 14 heteroatoms. The Morgan fingerprint density at radius 1 is 0.814 bits per heavy atom. The maximum Gasteiger partial charge on any atom is 0.322 e. The Bertz CT molecular complexity index is 1230. The largest absolute Gasteiger partial charge is 0.508 e. The fourth-order valence-corrected chi connectivity index (χ4v) is 4.50. The van der Waals surface area contributed by atoms with E-state index >= 15 is 0 Å². The summed E-state index contributed by atoms with van der Waals surface area (Å²) in [5.41, 5.74) is 7.52. The zero-order valence-electron chi connectivity index (χ0n) is 24.0. The van der Waals surface area contributed by atoms with Crippen molar-refractivity contribution in [3.63, 3.8) is 0 Å². The van der Waals surface area contributed by atoms with Gasteiger partial charge >= 0.3 is 5.97 Å². The minimum Gasteiger partial charge on any atom is -0.508 e. The number of carbonyl (C=O) groups excluding carboxylic acids is 4. The fourth-order valence-electron chi connectivity index (χ4n) is 4.03. The second-order valence-electron chi connectivity index (χ2n) is 9.91.